The fourth-order valence-corrected chi connectivity index (χ4v) is 2.63. The van der Waals surface area contributed by atoms with Gasteiger partial charge in [-0.3, -0.25) is 4.79 Å². The van der Waals surface area contributed by atoms with Gasteiger partial charge in [0.2, 0.25) is 0 Å². The van der Waals surface area contributed by atoms with Crippen LogP contribution < -0.4 is 0 Å². The lowest BCUT2D eigenvalue weighted by Gasteiger charge is -2.23. The summed E-state index contributed by atoms with van der Waals surface area (Å²) in [5.41, 5.74) is -0.189. The predicted octanol–water partition coefficient (Wildman–Crippen LogP) is 3.95. The number of amides is 1. The third kappa shape index (κ3) is 5.35. The number of alkyl halides is 3. The van der Waals surface area contributed by atoms with Crippen LogP contribution in [0.2, 0.25) is 0 Å². The maximum absolute atomic E-state index is 13.5. The Morgan fingerprint density at radius 3 is 2.37 bits per heavy atom. The number of benzene rings is 2. The molecule has 6 heteroatoms. The third-order valence-electron chi connectivity index (χ3n) is 3.95. The molecule has 0 aliphatic carbocycles. The van der Waals surface area contributed by atoms with E-state index in [0.29, 0.717) is 5.56 Å². The Balaban J connectivity index is 2.40. The van der Waals surface area contributed by atoms with Crippen LogP contribution in [-0.4, -0.2) is 35.1 Å². The zero-order valence-corrected chi connectivity index (χ0v) is 15.0. The molecule has 2 rings (SSSR count). The lowest BCUT2D eigenvalue weighted by molar-refractivity contribution is -0.137. The van der Waals surface area contributed by atoms with E-state index in [0.717, 1.165) is 6.07 Å². The molecule has 27 heavy (non-hydrogen) atoms. The molecule has 3 nitrogen and oxygen atoms in total. The van der Waals surface area contributed by atoms with Crippen molar-refractivity contribution in [3.63, 3.8) is 0 Å². The SMILES string of the molecule is CC(C)N(CCO)C(=O)C#Cc1ccc(-c2ccccc2)c(C(F)(F)F)c1. The van der Waals surface area contributed by atoms with Gasteiger partial charge in [-0.15, -0.1) is 0 Å². The number of aliphatic hydroxyl groups excluding tert-OH is 1. The summed E-state index contributed by atoms with van der Waals surface area (Å²) in [6, 6.07) is 11.9. The van der Waals surface area contributed by atoms with E-state index >= 15 is 0 Å². The third-order valence-corrected chi connectivity index (χ3v) is 3.95. The zero-order valence-electron chi connectivity index (χ0n) is 15.0. The summed E-state index contributed by atoms with van der Waals surface area (Å²) in [4.78, 5) is 13.5. The maximum Gasteiger partial charge on any atom is 0.417 e. The van der Waals surface area contributed by atoms with Crippen LogP contribution in [0, 0.1) is 11.8 Å². The van der Waals surface area contributed by atoms with E-state index < -0.39 is 17.6 Å². The summed E-state index contributed by atoms with van der Waals surface area (Å²) in [6.45, 7) is 3.44. The van der Waals surface area contributed by atoms with Gasteiger partial charge in [-0.1, -0.05) is 42.3 Å². The van der Waals surface area contributed by atoms with Crippen molar-refractivity contribution in [3.8, 4) is 23.0 Å². The minimum absolute atomic E-state index is 0.0593. The molecular weight excluding hydrogens is 355 g/mol. The summed E-state index contributed by atoms with van der Waals surface area (Å²) in [7, 11) is 0. The van der Waals surface area contributed by atoms with Gasteiger partial charge in [0.25, 0.3) is 5.91 Å². The van der Waals surface area contributed by atoms with Crippen molar-refractivity contribution in [3.05, 3.63) is 59.7 Å². The van der Waals surface area contributed by atoms with Crippen LogP contribution in [0.25, 0.3) is 11.1 Å². The molecule has 0 spiro atoms. The van der Waals surface area contributed by atoms with E-state index in [1.54, 1.807) is 44.2 Å². The number of aliphatic hydroxyl groups is 1. The van der Waals surface area contributed by atoms with Crippen molar-refractivity contribution in [2.75, 3.05) is 13.2 Å². The Kier molecular flexibility index (Phi) is 6.65. The fraction of sp³-hybridized carbons (Fsp3) is 0.286. The van der Waals surface area contributed by atoms with Crippen LogP contribution in [0.15, 0.2) is 48.5 Å². The molecule has 0 atom stereocenters. The number of rotatable bonds is 4. The molecule has 0 bridgehead atoms. The predicted molar refractivity (Wildman–Crippen MR) is 97.7 cm³/mol. The molecule has 0 heterocycles. The van der Waals surface area contributed by atoms with Crippen molar-refractivity contribution < 1.29 is 23.1 Å². The van der Waals surface area contributed by atoms with E-state index in [9.17, 15) is 18.0 Å². The first-order chi connectivity index (χ1) is 12.7. The molecule has 0 aromatic heterocycles. The van der Waals surface area contributed by atoms with Gasteiger partial charge < -0.3 is 10.0 Å². The Bertz CT molecular complexity index is 849. The first-order valence-corrected chi connectivity index (χ1v) is 8.44. The molecule has 142 valence electrons. The van der Waals surface area contributed by atoms with Crippen molar-refractivity contribution in [2.24, 2.45) is 0 Å². The average molecular weight is 375 g/mol. The number of hydrogen-bond donors (Lipinski definition) is 1. The number of halogens is 3. The van der Waals surface area contributed by atoms with Crippen molar-refractivity contribution in [1.82, 2.24) is 4.90 Å². The molecule has 0 saturated heterocycles. The number of hydrogen-bond acceptors (Lipinski definition) is 2. The van der Waals surface area contributed by atoms with Gasteiger partial charge in [-0.05, 0) is 37.1 Å². The minimum Gasteiger partial charge on any atom is -0.395 e. The molecule has 2 aromatic rings. The van der Waals surface area contributed by atoms with Crippen LogP contribution in [0.5, 0.6) is 0 Å². The van der Waals surface area contributed by atoms with Crippen molar-refractivity contribution in [2.45, 2.75) is 26.1 Å². The lowest BCUT2D eigenvalue weighted by Crippen LogP contribution is -2.38. The molecule has 0 fully saturated rings. The van der Waals surface area contributed by atoms with Gasteiger partial charge in [0, 0.05) is 24.1 Å². The Morgan fingerprint density at radius 2 is 1.81 bits per heavy atom. The molecule has 0 unspecified atom stereocenters. The molecule has 0 aliphatic heterocycles. The summed E-state index contributed by atoms with van der Waals surface area (Å²) in [5.74, 6) is 4.33. The van der Waals surface area contributed by atoms with Crippen LogP contribution >= 0.6 is 0 Å². The summed E-state index contributed by atoms with van der Waals surface area (Å²) in [6.07, 6.45) is -4.55. The topological polar surface area (TPSA) is 40.5 Å². The van der Waals surface area contributed by atoms with Gasteiger partial charge in [0.05, 0.1) is 12.2 Å². The second-order valence-corrected chi connectivity index (χ2v) is 6.19. The molecule has 0 radical (unpaired) electrons. The van der Waals surface area contributed by atoms with Crippen molar-refractivity contribution >= 4 is 5.91 Å². The smallest absolute Gasteiger partial charge is 0.395 e. The highest BCUT2D eigenvalue weighted by Crippen LogP contribution is 2.37. The minimum atomic E-state index is -4.55. The fourth-order valence-electron chi connectivity index (χ4n) is 2.63. The quantitative estimate of drug-likeness (QED) is 0.822. The zero-order chi connectivity index (χ0) is 20.0. The van der Waals surface area contributed by atoms with Gasteiger partial charge in [-0.25, -0.2) is 0 Å². The number of carbonyl (C=O) groups excluding carboxylic acids is 1. The molecule has 0 saturated carbocycles. The second kappa shape index (κ2) is 8.74. The molecular formula is C21H20F3NO2. The van der Waals surface area contributed by atoms with Gasteiger partial charge in [0.1, 0.15) is 0 Å². The highest BCUT2D eigenvalue weighted by atomic mass is 19.4. The van der Waals surface area contributed by atoms with Crippen LogP contribution in [0.3, 0.4) is 0 Å². The Labute approximate surface area is 156 Å². The van der Waals surface area contributed by atoms with Gasteiger partial charge >= 0.3 is 6.18 Å². The van der Waals surface area contributed by atoms with E-state index in [2.05, 4.69) is 11.8 Å². The highest BCUT2D eigenvalue weighted by molar-refractivity contribution is 5.94. The van der Waals surface area contributed by atoms with Gasteiger partial charge in [0.15, 0.2) is 0 Å². The standard InChI is InChI=1S/C21H20F3NO2/c1-15(2)25(12-13-26)20(27)11-9-16-8-10-18(17-6-4-3-5-7-17)19(14-16)21(22,23)24/h3-8,10,14-15,26H,12-13H2,1-2H3. The van der Waals surface area contributed by atoms with Crippen LogP contribution in [0.4, 0.5) is 13.2 Å². The van der Waals surface area contributed by atoms with Crippen LogP contribution in [0.1, 0.15) is 25.0 Å². The van der Waals surface area contributed by atoms with Crippen LogP contribution in [-0.2, 0) is 11.0 Å². The average Bonchev–Trinajstić information content (AvgIpc) is 2.63. The highest BCUT2D eigenvalue weighted by Gasteiger charge is 2.33. The van der Waals surface area contributed by atoms with Gasteiger partial charge in [-0.2, -0.15) is 13.2 Å². The van der Waals surface area contributed by atoms with E-state index in [1.807, 2.05) is 0 Å². The molecule has 1 amide bonds. The maximum atomic E-state index is 13.5. The Morgan fingerprint density at radius 1 is 1.15 bits per heavy atom. The second-order valence-electron chi connectivity index (χ2n) is 6.19. The normalized spacial score (nSPS) is 11.1. The summed E-state index contributed by atoms with van der Waals surface area (Å²) < 4.78 is 40.5. The van der Waals surface area contributed by atoms with E-state index in [4.69, 9.17) is 5.11 Å². The first-order valence-electron chi connectivity index (χ1n) is 8.44. The largest absolute Gasteiger partial charge is 0.417 e. The summed E-state index contributed by atoms with van der Waals surface area (Å²) >= 11 is 0. The molecule has 2 aromatic carbocycles. The molecule has 0 aliphatic rings. The first kappa shape index (κ1) is 20.5. The van der Waals surface area contributed by atoms with Crippen molar-refractivity contribution in [1.29, 1.82) is 0 Å². The Hall–Kier alpha value is -2.78. The number of nitrogens with zero attached hydrogens (tertiary/aromatic N) is 1. The summed E-state index contributed by atoms with van der Waals surface area (Å²) in [5, 5.41) is 9.02. The molecule has 1 N–H and O–H groups in total. The van der Waals surface area contributed by atoms with E-state index in [1.165, 1.54) is 17.0 Å². The van der Waals surface area contributed by atoms with E-state index in [-0.39, 0.29) is 30.3 Å². The lowest BCUT2D eigenvalue weighted by atomic mass is 9.97. The number of carbonyl (C=O) groups is 1. The monoisotopic (exact) mass is 375 g/mol.